The molecular formula is C10H21N. The third kappa shape index (κ3) is 6.11. The molecule has 0 aromatic rings. The van der Waals surface area contributed by atoms with E-state index in [0.29, 0.717) is 0 Å². The monoisotopic (exact) mass is 155 g/mol. The van der Waals surface area contributed by atoms with Gasteiger partial charge >= 0.3 is 0 Å². The highest BCUT2D eigenvalue weighted by molar-refractivity contribution is 4.84. The van der Waals surface area contributed by atoms with Gasteiger partial charge in [-0.2, -0.15) is 0 Å². The molecule has 0 radical (unpaired) electrons. The van der Waals surface area contributed by atoms with Crippen molar-refractivity contribution in [2.45, 2.75) is 33.1 Å². The second-order valence-electron chi connectivity index (χ2n) is 2.94. The second-order valence-corrected chi connectivity index (χ2v) is 2.94. The van der Waals surface area contributed by atoms with Gasteiger partial charge in [-0.3, -0.25) is 0 Å². The van der Waals surface area contributed by atoms with Gasteiger partial charge in [-0.1, -0.05) is 19.1 Å². The first-order chi connectivity index (χ1) is 5.35. The minimum absolute atomic E-state index is 0.799. The van der Waals surface area contributed by atoms with Crippen molar-refractivity contribution in [2.75, 3.05) is 13.6 Å². The van der Waals surface area contributed by atoms with Crippen LogP contribution in [0, 0.1) is 5.92 Å². The Labute approximate surface area is 70.9 Å². The Morgan fingerprint density at radius 2 is 2.18 bits per heavy atom. The van der Waals surface area contributed by atoms with Gasteiger partial charge in [0.25, 0.3) is 0 Å². The Kier molecular flexibility index (Phi) is 7.59. The predicted octanol–water partition coefficient (Wildman–Crippen LogP) is 2.59. The van der Waals surface area contributed by atoms with E-state index in [1.165, 1.54) is 19.3 Å². The molecule has 0 amide bonds. The van der Waals surface area contributed by atoms with Crippen molar-refractivity contribution in [2.24, 2.45) is 5.92 Å². The maximum Gasteiger partial charge on any atom is -0.00517 e. The molecular weight excluding hydrogens is 134 g/mol. The molecule has 0 aliphatic rings. The summed E-state index contributed by atoms with van der Waals surface area (Å²) >= 11 is 0. The number of nitrogens with one attached hydrogen (secondary N) is 1. The van der Waals surface area contributed by atoms with Crippen LogP contribution in [0.1, 0.15) is 33.1 Å². The van der Waals surface area contributed by atoms with Crippen LogP contribution < -0.4 is 5.32 Å². The van der Waals surface area contributed by atoms with Crippen LogP contribution >= 0.6 is 0 Å². The topological polar surface area (TPSA) is 12.0 Å². The Bertz CT molecular complexity index is 97.0. The van der Waals surface area contributed by atoms with Gasteiger partial charge in [-0.05, 0) is 45.7 Å². The van der Waals surface area contributed by atoms with Crippen molar-refractivity contribution in [3.8, 4) is 0 Å². The molecule has 0 aromatic heterocycles. The molecule has 0 saturated carbocycles. The molecule has 0 bridgehead atoms. The van der Waals surface area contributed by atoms with Gasteiger partial charge in [0.1, 0.15) is 0 Å². The van der Waals surface area contributed by atoms with Crippen molar-refractivity contribution in [3.05, 3.63) is 12.2 Å². The van der Waals surface area contributed by atoms with Crippen LogP contribution in [0.15, 0.2) is 12.2 Å². The highest BCUT2D eigenvalue weighted by Crippen LogP contribution is 2.11. The third-order valence-electron chi connectivity index (χ3n) is 1.99. The fourth-order valence-electron chi connectivity index (χ4n) is 1.25. The fourth-order valence-corrected chi connectivity index (χ4v) is 1.25. The SMILES string of the molecule is C/C=C\[C@@H](CC)CCCNC. The Morgan fingerprint density at radius 3 is 2.64 bits per heavy atom. The first-order valence-electron chi connectivity index (χ1n) is 4.62. The normalized spacial score (nSPS) is 14.1. The first-order valence-corrected chi connectivity index (χ1v) is 4.62. The molecule has 0 rings (SSSR count). The van der Waals surface area contributed by atoms with Gasteiger partial charge in [-0.25, -0.2) is 0 Å². The fraction of sp³-hybridized carbons (Fsp3) is 0.800. The van der Waals surface area contributed by atoms with Crippen molar-refractivity contribution in [1.82, 2.24) is 5.32 Å². The van der Waals surface area contributed by atoms with Gasteiger partial charge < -0.3 is 5.32 Å². The molecule has 1 heteroatoms. The summed E-state index contributed by atoms with van der Waals surface area (Å²) in [5.41, 5.74) is 0. The number of hydrogen-bond acceptors (Lipinski definition) is 1. The Hall–Kier alpha value is -0.300. The lowest BCUT2D eigenvalue weighted by atomic mass is 10.00. The minimum Gasteiger partial charge on any atom is -0.320 e. The summed E-state index contributed by atoms with van der Waals surface area (Å²) < 4.78 is 0. The average Bonchev–Trinajstić information content (AvgIpc) is 2.03. The molecule has 1 atom stereocenters. The summed E-state index contributed by atoms with van der Waals surface area (Å²) in [5.74, 6) is 0.799. The van der Waals surface area contributed by atoms with Gasteiger partial charge in [0.2, 0.25) is 0 Å². The summed E-state index contributed by atoms with van der Waals surface area (Å²) in [7, 11) is 2.01. The standard InChI is InChI=1S/C10H21N/c1-4-7-10(5-2)8-6-9-11-3/h4,7,10-11H,5-6,8-9H2,1-3H3/b7-4-/t10-/m1/s1. The van der Waals surface area contributed by atoms with Gasteiger partial charge in [0.15, 0.2) is 0 Å². The van der Waals surface area contributed by atoms with Crippen LogP contribution in [0.2, 0.25) is 0 Å². The Morgan fingerprint density at radius 1 is 1.45 bits per heavy atom. The second kappa shape index (κ2) is 7.80. The van der Waals surface area contributed by atoms with Crippen LogP contribution in [0.3, 0.4) is 0 Å². The summed E-state index contributed by atoms with van der Waals surface area (Å²) in [6.07, 6.45) is 8.36. The molecule has 0 heterocycles. The highest BCUT2D eigenvalue weighted by Gasteiger charge is 1.99. The average molecular weight is 155 g/mol. The molecule has 0 aromatic carbocycles. The van der Waals surface area contributed by atoms with E-state index in [1.54, 1.807) is 0 Å². The van der Waals surface area contributed by atoms with Crippen LogP contribution in [-0.4, -0.2) is 13.6 Å². The van der Waals surface area contributed by atoms with Crippen LogP contribution in [0.5, 0.6) is 0 Å². The van der Waals surface area contributed by atoms with E-state index in [2.05, 4.69) is 31.3 Å². The minimum atomic E-state index is 0.799. The predicted molar refractivity (Wildman–Crippen MR) is 51.8 cm³/mol. The van der Waals surface area contributed by atoms with Crippen molar-refractivity contribution >= 4 is 0 Å². The van der Waals surface area contributed by atoms with Crippen LogP contribution in [0.4, 0.5) is 0 Å². The quantitative estimate of drug-likeness (QED) is 0.459. The molecule has 1 N–H and O–H groups in total. The van der Waals surface area contributed by atoms with E-state index < -0.39 is 0 Å². The number of rotatable bonds is 6. The zero-order valence-corrected chi connectivity index (χ0v) is 8.06. The van der Waals surface area contributed by atoms with Crippen LogP contribution in [0.25, 0.3) is 0 Å². The summed E-state index contributed by atoms with van der Waals surface area (Å²) in [6, 6.07) is 0. The van der Waals surface area contributed by atoms with Crippen LogP contribution in [-0.2, 0) is 0 Å². The molecule has 11 heavy (non-hydrogen) atoms. The molecule has 66 valence electrons. The summed E-state index contributed by atoms with van der Waals surface area (Å²) in [5, 5.41) is 3.17. The molecule has 0 aliphatic carbocycles. The summed E-state index contributed by atoms with van der Waals surface area (Å²) in [4.78, 5) is 0. The van der Waals surface area contributed by atoms with E-state index in [-0.39, 0.29) is 0 Å². The van der Waals surface area contributed by atoms with Gasteiger partial charge in [0, 0.05) is 0 Å². The lowest BCUT2D eigenvalue weighted by Gasteiger charge is -2.08. The zero-order chi connectivity index (χ0) is 8.53. The van der Waals surface area contributed by atoms with Gasteiger partial charge in [-0.15, -0.1) is 0 Å². The zero-order valence-electron chi connectivity index (χ0n) is 8.06. The third-order valence-corrected chi connectivity index (χ3v) is 1.99. The Balaban J connectivity index is 3.36. The molecule has 1 nitrogen and oxygen atoms in total. The largest absolute Gasteiger partial charge is 0.320 e. The first kappa shape index (κ1) is 10.7. The molecule has 0 unspecified atom stereocenters. The smallest absolute Gasteiger partial charge is 0.00517 e. The van der Waals surface area contributed by atoms with Crippen molar-refractivity contribution in [1.29, 1.82) is 0 Å². The maximum atomic E-state index is 3.17. The molecule has 0 aliphatic heterocycles. The lowest BCUT2D eigenvalue weighted by molar-refractivity contribution is 0.534. The van der Waals surface area contributed by atoms with E-state index in [1.807, 2.05) is 7.05 Å². The molecule has 0 spiro atoms. The molecule has 0 fully saturated rings. The van der Waals surface area contributed by atoms with E-state index in [0.717, 1.165) is 12.5 Å². The van der Waals surface area contributed by atoms with Crippen molar-refractivity contribution < 1.29 is 0 Å². The number of allylic oxidation sites excluding steroid dienone is 2. The summed E-state index contributed by atoms with van der Waals surface area (Å²) in [6.45, 7) is 5.50. The van der Waals surface area contributed by atoms with E-state index in [9.17, 15) is 0 Å². The van der Waals surface area contributed by atoms with E-state index in [4.69, 9.17) is 0 Å². The maximum absolute atomic E-state index is 3.17. The van der Waals surface area contributed by atoms with Gasteiger partial charge in [0.05, 0.1) is 0 Å². The highest BCUT2D eigenvalue weighted by atomic mass is 14.8. The molecule has 0 saturated heterocycles. The number of hydrogen-bond donors (Lipinski definition) is 1. The lowest BCUT2D eigenvalue weighted by Crippen LogP contribution is -2.09. The van der Waals surface area contributed by atoms with E-state index >= 15 is 0 Å². The van der Waals surface area contributed by atoms with Crippen molar-refractivity contribution in [3.63, 3.8) is 0 Å².